The Bertz CT molecular complexity index is 1350. The first-order chi connectivity index (χ1) is 16.9. The van der Waals surface area contributed by atoms with Gasteiger partial charge >= 0.3 is 0 Å². The van der Waals surface area contributed by atoms with Crippen molar-refractivity contribution in [3.63, 3.8) is 0 Å². The molecule has 3 aromatic carbocycles. The number of imidazole rings is 1. The highest BCUT2D eigenvalue weighted by atomic mass is 35.5. The Balaban J connectivity index is 1.60. The van der Waals surface area contributed by atoms with Crippen molar-refractivity contribution in [1.29, 1.82) is 0 Å². The summed E-state index contributed by atoms with van der Waals surface area (Å²) in [5.41, 5.74) is 4.77. The van der Waals surface area contributed by atoms with Crippen LogP contribution in [-0.4, -0.2) is 16.7 Å². The molecule has 0 fully saturated rings. The molecule has 1 unspecified atom stereocenters. The van der Waals surface area contributed by atoms with Gasteiger partial charge < -0.3 is 4.74 Å². The summed E-state index contributed by atoms with van der Waals surface area (Å²) in [6, 6.07) is 16.8. The Labute approximate surface area is 217 Å². The van der Waals surface area contributed by atoms with Gasteiger partial charge in [0.2, 0.25) is 0 Å². The van der Waals surface area contributed by atoms with Crippen LogP contribution in [0.4, 0.5) is 8.78 Å². The van der Waals surface area contributed by atoms with Crippen molar-refractivity contribution in [2.75, 3.05) is 7.11 Å². The quantitative estimate of drug-likeness (QED) is 0.235. The molecule has 1 atom stereocenters. The zero-order valence-corrected chi connectivity index (χ0v) is 21.2. The summed E-state index contributed by atoms with van der Waals surface area (Å²) in [6.07, 6.45) is 2.78. The lowest BCUT2D eigenvalue weighted by molar-refractivity contribution is 0.414. The van der Waals surface area contributed by atoms with Crippen LogP contribution >= 0.6 is 35.0 Å². The highest BCUT2D eigenvalue weighted by molar-refractivity contribution is 7.98. The highest BCUT2D eigenvalue weighted by Crippen LogP contribution is 2.42. The van der Waals surface area contributed by atoms with E-state index >= 15 is 0 Å². The molecule has 5 rings (SSSR count). The fraction of sp³-hybridized carbons (Fsp3) is 0.222. The number of fused-ring (bicyclic) bond motifs is 1. The lowest BCUT2D eigenvalue weighted by Gasteiger charge is -2.25. The molecule has 1 aromatic heterocycles. The smallest absolute Gasteiger partial charge is 0.173 e. The van der Waals surface area contributed by atoms with E-state index in [1.54, 1.807) is 25.3 Å². The van der Waals surface area contributed by atoms with Gasteiger partial charge in [0.1, 0.15) is 17.4 Å². The first-order valence-electron chi connectivity index (χ1n) is 11.2. The molecule has 8 heteroatoms. The van der Waals surface area contributed by atoms with Crippen LogP contribution in [0.2, 0.25) is 10.0 Å². The van der Waals surface area contributed by atoms with E-state index in [-0.39, 0.29) is 17.6 Å². The minimum atomic E-state index is -0.369. The van der Waals surface area contributed by atoms with E-state index in [2.05, 4.69) is 4.57 Å². The largest absolute Gasteiger partial charge is 0.495 e. The Hall–Kier alpha value is -2.54. The van der Waals surface area contributed by atoms with Gasteiger partial charge in [0.25, 0.3) is 0 Å². The van der Waals surface area contributed by atoms with Crippen LogP contribution in [0.25, 0.3) is 5.69 Å². The van der Waals surface area contributed by atoms with Gasteiger partial charge in [0.15, 0.2) is 5.16 Å². The maximum absolute atomic E-state index is 13.9. The lowest BCUT2D eigenvalue weighted by Crippen LogP contribution is -2.15. The van der Waals surface area contributed by atoms with Crippen molar-refractivity contribution in [2.45, 2.75) is 36.1 Å². The second-order valence-corrected chi connectivity index (χ2v) is 10.2. The number of halogens is 4. The molecular formula is C27H22Cl2F2N2OS. The minimum Gasteiger partial charge on any atom is -0.495 e. The van der Waals surface area contributed by atoms with Crippen LogP contribution in [-0.2, 0) is 12.2 Å². The summed E-state index contributed by atoms with van der Waals surface area (Å²) in [4.78, 5) is 4.99. The van der Waals surface area contributed by atoms with Crippen molar-refractivity contribution in [1.82, 2.24) is 9.55 Å². The number of methoxy groups -OCH3 is 1. The summed E-state index contributed by atoms with van der Waals surface area (Å²) in [7, 11) is 1.60. The number of thioether (sulfide) groups is 1. The Kier molecular flexibility index (Phi) is 7.05. The van der Waals surface area contributed by atoms with Gasteiger partial charge in [-0.05, 0) is 85.0 Å². The average Bonchev–Trinajstić information content (AvgIpc) is 3.22. The molecule has 35 heavy (non-hydrogen) atoms. The molecule has 0 saturated carbocycles. The molecule has 0 aliphatic heterocycles. The van der Waals surface area contributed by atoms with Crippen molar-refractivity contribution >= 4 is 35.0 Å². The monoisotopic (exact) mass is 530 g/mol. The van der Waals surface area contributed by atoms with E-state index in [9.17, 15) is 8.78 Å². The average molecular weight is 531 g/mol. The van der Waals surface area contributed by atoms with E-state index < -0.39 is 0 Å². The number of rotatable bonds is 6. The number of nitrogens with zero attached hydrogens (tertiary/aromatic N) is 2. The molecule has 0 saturated heterocycles. The third kappa shape index (κ3) is 5.06. The van der Waals surface area contributed by atoms with Gasteiger partial charge in [-0.25, -0.2) is 13.8 Å². The first-order valence-corrected chi connectivity index (χ1v) is 13.0. The van der Waals surface area contributed by atoms with Gasteiger partial charge in [-0.2, -0.15) is 0 Å². The molecule has 0 bridgehead atoms. The summed E-state index contributed by atoms with van der Waals surface area (Å²) >= 11 is 13.8. The van der Waals surface area contributed by atoms with Gasteiger partial charge in [-0.15, -0.1) is 0 Å². The molecule has 1 aliphatic carbocycles. The molecule has 0 amide bonds. The molecule has 1 heterocycles. The molecule has 0 N–H and O–H groups in total. The molecule has 0 spiro atoms. The Morgan fingerprint density at radius 2 is 1.83 bits per heavy atom. The van der Waals surface area contributed by atoms with E-state index in [0.717, 1.165) is 52.6 Å². The number of hydrogen-bond acceptors (Lipinski definition) is 3. The lowest BCUT2D eigenvalue weighted by atomic mass is 9.84. The minimum absolute atomic E-state index is 0.0698. The Morgan fingerprint density at radius 3 is 2.57 bits per heavy atom. The zero-order chi connectivity index (χ0) is 24.5. The SMILES string of the molecule is COc1cc(C2CCCc3nc(SCc4cc(F)cc(Cl)c4)n(-c4ccc(F)cc4)c32)ccc1Cl. The van der Waals surface area contributed by atoms with Crippen molar-refractivity contribution < 1.29 is 13.5 Å². The van der Waals surface area contributed by atoms with Crippen molar-refractivity contribution in [3.05, 3.63) is 105 Å². The van der Waals surface area contributed by atoms with Crippen molar-refractivity contribution in [2.24, 2.45) is 0 Å². The van der Waals surface area contributed by atoms with Crippen LogP contribution in [0.5, 0.6) is 5.75 Å². The number of ether oxygens (including phenoxy) is 1. The summed E-state index contributed by atoms with van der Waals surface area (Å²) in [5, 5.41) is 1.69. The molecule has 4 aromatic rings. The molecular weight excluding hydrogens is 509 g/mol. The first kappa shape index (κ1) is 24.2. The molecule has 0 radical (unpaired) electrons. The van der Waals surface area contributed by atoms with E-state index in [4.69, 9.17) is 32.9 Å². The number of aryl methyl sites for hydroxylation is 1. The van der Waals surface area contributed by atoms with Gasteiger partial charge in [0, 0.05) is 22.4 Å². The normalized spacial score (nSPS) is 15.2. The van der Waals surface area contributed by atoms with E-state index in [0.29, 0.717) is 21.5 Å². The number of aromatic nitrogens is 2. The maximum atomic E-state index is 13.9. The molecule has 3 nitrogen and oxygen atoms in total. The third-order valence-corrected chi connectivity index (χ3v) is 7.69. The van der Waals surface area contributed by atoms with Crippen LogP contribution in [0.1, 0.15) is 41.3 Å². The predicted molar refractivity (Wildman–Crippen MR) is 137 cm³/mol. The summed E-state index contributed by atoms with van der Waals surface area (Å²) < 4.78 is 35.2. The fourth-order valence-electron chi connectivity index (χ4n) is 4.60. The van der Waals surface area contributed by atoms with Crippen LogP contribution in [0.15, 0.2) is 65.8 Å². The van der Waals surface area contributed by atoms with Gasteiger partial charge in [0.05, 0.1) is 23.5 Å². The highest BCUT2D eigenvalue weighted by Gasteiger charge is 2.30. The topological polar surface area (TPSA) is 27.1 Å². The summed E-state index contributed by atoms with van der Waals surface area (Å²) in [6.45, 7) is 0. The molecule has 180 valence electrons. The maximum Gasteiger partial charge on any atom is 0.173 e. The summed E-state index contributed by atoms with van der Waals surface area (Å²) in [5.74, 6) is 0.520. The van der Waals surface area contributed by atoms with Crippen LogP contribution in [0, 0.1) is 11.6 Å². The van der Waals surface area contributed by atoms with Crippen molar-refractivity contribution in [3.8, 4) is 11.4 Å². The zero-order valence-electron chi connectivity index (χ0n) is 18.9. The number of hydrogen-bond donors (Lipinski definition) is 0. The number of benzene rings is 3. The van der Waals surface area contributed by atoms with Crippen LogP contribution < -0.4 is 4.74 Å². The standard InChI is InChI=1S/C27H22Cl2F2N2OS/c1-34-25-13-17(5-10-23(25)29)22-3-2-4-24-26(22)33(21-8-6-19(30)7-9-21)27(32-24)35-15-16-11-18(28)14-20(31)12-16/h5-14,22H,2-4,15H2,1H3. The second-order valence-electron chi connectivity index (χ2n) is 8.44. The van der Waals surface area contributed by atoms with E-state index in [1.165, 1.54) is 36.0 Å². The predicted octanol–water partition coefficient (Wildman–Crippen LogP) is 8.23. The third-order valence-electron chi connectivity index (χ3n) is 6.15. The fourth-order valence-corrected chi connectivity index (χ4v) is 6.01. The Morgan fingerprint density at radius 1 is 1.03 bits per heavy atom. The second kappa shape index (κ2) is 10.2. The van der Waals surface area contributed by atoms with Gasteiger partial charge in [-0.3, -0.25) is 4.57 Å². The molecule has 1 aliphatic rings. The van der Waals surface area contributed by atoms with Crippen LogP contribution in [0.3, 0.4) is 0 Å². The van der Waals surface area contributed by atoms with E-state index in [1.807, 2.05) is 18.2 Å². The van der Waals surface area contributed by atoms with Gasteiger partial charge in [-0.1, -0.05) is 41.0 Å².